The Bertz CT molecular complexity index is 262. The molecule has 86 valence electrons. The van der Waals surface area contributed by atoms with Crippen molar-refractivity contribution in [3.8, 4) is 0 Å². The van der Waals surface area contributed by atoms with Gasteiger partial charge in [0.2, 0.25) is 0 Å². The van der Waals surface area contributed by atoms with E-state index in [1.807, 2.05) is 0 Å². The van der Waals surface area contributed by atoms with E-state index in [-0.39, 0.29) is 5.60 Å². The molecule has 4 saturated carbocycles. The highest BCUT2D eigenvalue weighted by Gasteiger charge is 2.58. The zero-order valence-corrected chi connectivity index (χ0v) is 9.71. The molecule has 0 aromatic carbocycles. The minimum Gasteiger partial charge on any atom is -0.390 e. The van der Waals surface area contributed by atoms with Crippen LogP contribution in [-0.2, 0) is 0 Å². The topological polar surface area (TPSA) is 46.2 Å². The lowest BCUT2D eigenvalue weighted by Gasteiger charge is -2.62. The normalized spacial score (nSPS) is 54.6. The van der Waals surface area contributed by atoms with Crippen molar-refractivity contribution in [2.24, 2.45) is 23.0 Å². The van der Waals surface area contributed by atoms with Crippen LogP contribution in [0.25, 0.3) is 0 Å². The van der Waals surface area contributed by atoms with Crippen LogP contribution in [0.15, 0.2) is 0 Å². The summed E-state index contributed by atoms with van der Waals surface area (Å²) in [5.74, 6) is 1.54. The maximum absolute atomic E-state index is 10.6. The van der Waals surface area contributed by atoms with Crippen LogP contribution in [0.2, 0.25) is 0 Å². The van der Waals surface area contributed by atoms with E-state index < -0.39 is 0 Å². The Labute approximate surface area is 92.2 Å². The summed E-state index contributed by atoms with van der Waals surface area (Å²) in [5, 5.41) is 10.6. The maximum atomic E-state index is 10.6. The van der Waals surface area contributed by atoms with E-state index in [1.165, 1.54) is 19.3 Å². The van der Waals surface area contributed by atoms with Crippen LogP contribution < -0.4 is 5.73 Å². The molecular weight excluding hydrogens is 186 g/mol. The molecule has 0 spiro atoms. The first kappa shape index (κ1) is 10.1. The van der Waals surface area contributed by atoms with Gasteiger partial charge in [-0.25, -0.2) is 0 Å². The number of aliphatic hydroxyl groups is 1. The first-order chi connectivity index (χ1) is 7.05. The number of hydrogen-bond donors (Lipinski definition) is 2. The zero-order chi connectivity index (χ0) is 10.7. The van der Waals surface area contributed by atoms with Crippen LogP contribution in [0, 0.1) is 17.3 Å². The summed E-state index contributed by atoms with van der Waals surface area (Å²) in [7, 11) is 0. The molecule has 0 amide bonds. The molecule has 4 fully saturated rings. The Morgan fingerprint density at radius 1 is 1.27 bits per heavy atom. The van der Waals surface area contributed by atoms with E-state index in [4.69, 9.17) is 5.73 Å². The van der Waals surface area contributed by atoms with Crippen molar-refractivity contribution >= 4 is 0 Å². The molecule has 0 aliphatic heterocycles. The van der Waals surface area contributed by atoms with Crippen LogP contribution in [0.5, 0.6) is 0 Å². The van der Waals surface area contributed by atoms with Crippen LogP contribution >= 0.6 is 0 Å². The van der Waals surface area contributed by atoms with Gasteiger partial charge in [-0.2, -0.15) is 0 Å². The van der Waals surface area contributed by atoms with Gasteiger partial charge in [0.15, 0.2) is 0 Å². The lowest BCUT2D eigenvalue weighted by atomic mass is 9.46. The summed E-state index contributed by atoms with van der Waals surface area (Å²) in [6, 6.07) is 0.315. The standard InChI is InChI=1S/C13H23NO/c1-2-11(14)12-4-9-3-10(5-12)7-13(15,6-9)8-12/h9-11,15H,2-8,14H2,1H3/t9-,10-,11+,12?,13?/m0/s1. The molecule has 0 saturated heterocycles. The largest absolute Gasteiger partial charge is 0.390 e. The third-order valence-electron chi connectivity index (χ3n) is 5.30. The smallest absolute Gasteiger partial charge is 0.0659 e. The van der Waals surface area contributed by atoms with Crippen molar-refractivity contribution in [3.05, 3.63) is 0 Å². The van der Waals surface area contributed by atoms with Gasteiger partial charge < -0.3 is 10.8 Å². The van der Waals surface area contributed by atoms with Crippen molar-refractivity contribution in [1.82, 2.24) is 0 Å². The fraction of sp³-hybridized carbons (Fsp3) is 1.00. The van der Waals surface area contributed by atoms with Crippen molar-refractivity contribution < 1.29 is 5.11 Å². The van der Waals surface area contributed by atoms with E-state index in [2.05, 4.69) is 6.92 Å². The highest BCUT2D eigenvalue weighted by Crippen LogP contribution is 2.62. The van der Waals surface area contributed by atoms with Gasteiger partial charge >= 0.3 is 0 Å². The van der Waals surface area contributed by atoms with Crippen LogP contribution in [0.3, 0.4) is 0 Å². The summed E-state index contributed by atoms with van der Waals surface area (Å²) in [4.78, 5) is 0. The minimum absolute atomic E-state index is 0.299. The fourth-order valence-electron chi connectivity index (χ4n) is 5.15. The van der Waals surface area contributed by atoms with Gasteiger partial charge in [0.1, 0.15) is 0 Å². The SMILES string of the molecule is CC[C@@H](N)C12C[C@@H]3C[C@H](CC(O)(C3)C1)C2. The van der Waals surface area contributed by atoms with E-state index in [0.29, 0.717) is 11.5 Å². The first-order valence-corrected chi connectivity index (χ1v) is 6.53. The molecule has 0 unspecified atom stereocenters. The molecule has 4 aliphatic rings. The van der Waals surface area contributed by atoms with Crippen LogP contribution in [0.4, 0.5) is 0 Å². The van der Waals surface area contributed by atoms with Gasteiger partial charge in [-0.3, -0.25) is 0 Å². The highest BCUT2D eigenvalue weighted by molar-refractivity contribution is 5.10. The monoisotopic (exact) mass is 209 g/mol. The zero-order valence-electron chi connectivity index (χ0n) is 9.71. The molecule has 0 heterocycles. The second kappa shape index (κ2) is 2.98. The third kappa shape index (κ3) is 1.38. The average Bonchev–Trinajstić information content (AvgIpc) is 2.12. The molecule has 2 nitrogen and oxygen atoms in total. The third-order valence-corrected chi connectivity index (χ3v) is 5.30. The summed E-state index contributed by atoms with van der Waals surface area (Å²) in [5.41, 5.74) is 6.28. The summed E-state index contributed by atoms with van der Waals surface area (Å²) in [6.45, 7) is 2.19. The maximum Gasteiger partial charge on any atom is 0.0659 e. The Morgan fingerprint density at radius 3 is 2.33 bits per heavy atom. The lowest BCUT2D eigenvalue weighted by molar-refractivity contribution is -0.170. The Morgan fingerprint density at radius 2 is 1.87 bits per heavy atom. The van der Waals surface area contributed by atoms with Crippen molar-refractivity contribution in [3.63, 3.8) is 0 Å². The van der Waals surface area contributed by atoms with Gasteiger partial charge in [0.25, 0.3) is 0 Å². The Kier molecular flexibility index (Phi) is 2.01. The minimum atomic E-state index is -0.336. The molecule has 0 aromatic rings. The van der Waals surface area contributed by atoms with Crippen LogP contribution in [0.1, 0.15) is 51.9 Å². The van der Waals surface area contributed by atoms with Gasteiger partial charge in [0.05, 0.1) is 5.60 Å². The van der Waals surface area contributed by atoms with Gasteiger partial charge in [-0.1, -0.05) is 6.92 Å². The predicted octanol–water partition coefficient (Wildman–Crippen LogP) is 2.06. The summed E-state index contributed by atoms with van der Waals surface area (Å²) in [6.07, 6.45) is 8.11. The van der Waals surface area contributed by atoms with Gasteiger partial charge in [-0.05, 0) is 62.2 Å². The quantitative estimate of drug-likeness (QED) is 0.731. The van der Waals surface area contributed by atoms with E-state index in [9.17, 15) is 5.11 Å². The fourth-order valence-corrected chi connectivity index (χ4v) is 5.15. The van der Waals surface area contributed by atoms with E-state index in [0.717, 1.165) is 37.5 Å². The molecule has 0 radical (unpaired) electrons. The first-order valence-electron chi connectivity index (χ1n) is 6.53. The van der Waals surface area contributed by atoms with Crippen molar-refractivity contribution in [1.29, 1.82) is 0 Å². The van der Waals surface area contributed by atoms with Crippen LogP contribution in [-0.4, -0.2) is 16.7 Å². The molecule has 3 atom stereocenters. The molecule has 4 aliphatic carbocycles. The summed E-state index contributed by atoms with van der Waals surface area (Å²) < 4.78 is 0. The second-order valence-electron chi connectivity index (χ2n) is 6.56. The van der Waals surface area contributed by atoms with E-state index in [1.54, 1.807) is 0 Å². The van der Waals surface area contributed by atoms with Crippen molar-refractivity contribution in [2.75, 3.05) is 0 Å². The molecule has 2 heteroatoms. The number of rotatable bonds is 2. The summed E-state index contributed by atoms with van der Waals surface area (Å²) >= 11 is 0. The average molecular weight is 209 g/mol. The molecule has 15 heavy (non-hydrogen) atoms. The Balaban J connectivity index is 1.92. The predicted molar refractivity (Wildman–Crippen MR) is 60.3 cm³/mol. The van der Waals surface area contributed by atoms with Crippen molar-refractivity contribution in [2.45, 2.75) is 63.5 Å². The Hall–Kier alpha value is -0.0800. The van der Waals surface area contributed by atoms with E-state index >= 15 is 0 Å². The molecular formula is C13H23NO. The molecule has 4 rings (SSSR count). The van der Waals surface area contributed by atoms with Gasteiger partial charge in [0, 0.05) is 6.04 Å². The second-order valence-corrected chi connectivity index (χ2v) is 6.56. The number of hydrogen-bond acceptors (Lipinski definition) is 2. The molecule has 3 N–H and O–H groups in total. The lowest BCUT2D eigenvalue weighted by Crippen LogP contribution is -2.60. The molecule has 4 bridgehead atoms. The highest BCUT2D eigenvalue weighted by atomic mass is 16.3. The number of nitrogens with two attached hydrogens (primary N) is 1. The molecule has 0 aromatic heterocycles. The van der Waals surface area contributed by atoms with Gasteiger partial charge in [-0.15, -0.1) is 0 Å².